The van der Waals surface area contributed by atoms with Gasteiger partial charge in [-0.15, -0.1) is 0 Å². The molecule has 0 amide bonds. The average molecular weight is 350 g/mol. The number of aromatic nitrogens is 1. The molecule has 0 fully saturated rings. The van der Waals surface area contributed by atoms with Gasteiger partial charge in [0, 0.05) is 11.7 Å². The van der Waals surface area contributed by atoms with Gasteiger partial charge in [-0.05, 0) is 41.9 Å². The van der Waals surface area contributed by atoms with Crippen LogP contribution in [0.25, 0.3) is 11.6 Å². The zero-order valence-corrected chi connectivity index (χ0v) is 15.4. The summed E-state index contributed by atoms with van der Waals surface area (Å²) in [6, 6.07) is 30.7. The van der Waals surface area contributed by atoms with E-state index in [1.807, 2.05) is 0 Å². The van der Waals surface area contributed by atoms with Gasteiger partial charge in [-0.1, -0.05) is 78.9 Å². The Morgan fingerprint density at radius 3 is 2.15 bits per heavy atom. The number of fused-ring (bicyclic) bond motifs is 3. The van der Waals surface area contributed by atoms with Crippen LogP contribution in [0.2, 0.25) is 0 Å². The van der Waals surface area contributed by atoms with E-state index in [-0.39, 0.29) is 12.1 Å². The molecule has 132 valence electrons. The fourth-order valence-corrected chi connectivity index (χ4v) is 4.30. The maximum Gasteiger partial charge on any atom is 0.0770 e. The highest BCUT2D eigenvalue weighted by Gasteiger charge is 2.31. The number of hydrogen-bond acceptors (Lipinski definition) is 1. The van der Waals surface area contributed by atoms with Crippen LogP contribution in [0, 0.1) is 0 Å². The third-order valence-corrected chi connectivity index (χ3v) is 5.57. The van der Waals surface area contributed by atoms with Crippen molar-refractivity contribution in [2.75, 3.05) is 7.05 Å². The molecule has 2 heteroatoms. The molecule has 0 saturated carbocycles. The van der Waals surface area contributed by atoms with Gasteiger partial charge in [-0.3, -0.25) is 4.90 Å². The van der Waals surface area contributed by atoms with E-state index >= 15 is 0 Å². The summed E-state index contributed by atoms with van der Waals surface area (Å²) < 4.78 is 2.33. The van der Waals surface area contributed by atoms with E-state index in [4.69, 9.17) is 0 Å². The maximum atomic E-state index is 2.48. The van der Waals surface area contributed by atoms with Crippen molar-refractivity contribution in [3.8, 4) is 0 Å². The highest BCUT2D eigenvalue weighted by molar-refractivity contribution is 5.67. The molecular formula is C25H22N2. The third-order valence-electron chi connectivity index (χ3n) is 5.57. The summed E-state index contributed by atoms with van der Waals surface area (Å²) in [7, 11) is 2.23. The first-order valence-electron chi connectivity index (χ1n) is 9.43. The summed E-state index contributed by atoms with van der Waals surface area (Å²) in [6.45, 7) is 0. The first kappa shape index (κ1) is 16.1. The van der Waals surface area contributed by atoms with Gasteiger partial charge in [-0.2, -0.15) is 0 Å². The van der Waals surface area contributed by atoms with Crippen molar-refractivity contribution < 1.29 is 0 Å². The largest absolute Gasteiger partial charge is 0.318 e. The fraction of sp³-hybridized carbons (Fsp3) is 0.120. The summed E-state index contributed by atoms with van der Waals surface area (Å²) >= 11 is 0. The minimum absolute atomic E-state index is 0.173. The molecule has 3 heterocycles. The molecule has 2 unspecified atom stereocenters. The lowest BCUT2D eigenvalue weighted by Gasteiger charge is -2.33. The number of nitrogens with zero attached hydrogens (tertiary/aromatic N) is 2. The second-order valence-corrected chi connectivity index (χ2v) is 7.17. The quantitative estimate of drug-likeness (QED) is 0.448. The number of benzene rings is 2. The predicted octanol–water partition coefficient (Wildman–Crippen LogP) is 5.73. The van der Waals surface area contributed by atoms with Crippen LogP contribution in [0.15, 0.2) is 97.2 Å². The van der Waals surface area contributed by atoms with Gasteiger partial charge < -0.3 is 4.40 Å². The van der Waals surface area contributed by atoms with E-state index in [0.29, 0.717) is 0 Å². The number of pyridine rings is 1. The Kier molecular flexibility index (Phi) is 3.92. The van der Waals surface area contributed by atoms with E-state index in [9.17, 15) is 0 Å². The Balaban J connectivity index is 1.75. The van der Waals surface area contributed by atoms with Crippen LogP contribution in [0.4, 0.5) is 0 Å². The lowest BCUT2D eigenvalue weighted by atomic mass is 9.98. The zero-order chi connectivity index (χ0) is 18.2. The molecular weight excluding hydrogens is 328 g/mol. The van der Waals surface area contributed by atoms with E-state index in [1.54, 1.807) is 0 Å². The van der Waals surface area contributed by atoms with Crippen LogP contribution < -0.4 is 0 Å². The Morgan fingerprint density at radius 2 is 1.41 bits per heavy atom. The molecule has 0 N–H and O–H groups in total. The van der Waals surface area contributed by atoms with E-state index < -0.39 is 0 Å². The van der Waals surface area contributed by atoms with Gasteiger partial charge in [0.05, 0.1) is 17.8 Å². The minimum Gasteiger partial charge on any atom is -0.318 e. The molecule has 0 radical (unpaired) electrons. The van der Waals surface area contributed by atoms with Crippen molar-refractivity contribution in [3.63, 3.8) is 0 Å². The Morgan fingerprint density at radius 1 is 0.741 bits per heavy atom. The second-order valence-electron chi connectivity index (χ2n) is 7.17. The van der Waals surface area contributed by atoms with Crippen molar-refractivity contribution in [1.29, 1.82) is 0 Å². The van der Waals surface area contributed by atoms with Crippen LogP contribution in [-0.4, -0.2) is 16.3 Å². The van der Waals surface area contributed by atoms with E-state index in [0.717, 1.165) is 0 Å². The molecule has 2 aromatic heterocycles. The molecule has 27 heavy (non-hydrogen) atoms. The Bertz CT molecular complexity index is 1090. The van der Waals surface area contributed by atoms with Crippen LogP contribution >= 0.6 is 0 Å². The monoisotopic (exact) mass is 350 g/mol. The van der Waals surface area contributed by atoms with Crippen molar-refractivity contribution in [2.24, 2.45) is 0 Å². The third kappa shape index (κ3) is 2.70. The topological polar surface area (TPSA) is 7.65 Å². The fourth-order valence-electron chi connectivity index (χ4n) is 4.30. The summed E-state index contributed by atoms with van der Waals surface area (Å²) in [6.07, 6.45) is 6.80. The molecule has 1 aliphatic heterocycles. The van der Waals surface area contributed by atoms with Crippen LogP contribution in [0.1, 0.15) is 34.5 Å². The molecule has 0 aliphatic carbocycles. The number of rotatable bonds is 2. The van der Waals surface area contributed by atoms with Crippen LogP contribution in [0.5, 0.6) is 0 Å². The predicted molar refractivity (Wildman–Crippen MR) is 112 cm³/mol. The summed E-state index contributed by atoms with van der Waals surface area (Å²) in [5, 5.41) is 0. The van der Waals surface area contributed by atoms with Gasteiger partial charge in [0.25, 0.3) is 0 Å². The van der Waals surface area contributed by atoms with Gasteiger partial charge in [0.2, 0.25) is 0 Å². The number of likely N-dealkylation sites (N-methyl/N-ethyl adjacent to an activating group) is 1. The van der Waals surface area contributed by atoms with Crippen LogP contribution in [-0.2, 0) is 0 Å². The second kappa shape index (κ2) is 6.57. The molecule has 4 aromatic rings. The van der Waals surface area contributed by atoms with Crippen molar-refractivity contribution in [1.82, 2.24) is 9.30 Å². The van der Waals surface area contributed by atoms with Gasteiger partial charge in [0.15, 0.2) is 0 Å². The normalized spacial score (nSPS) is 19.7. The lowest BCUT2D eigenvalue weighted by molar-refractivity contribution is 0.232. The lowest BCUT2D eigenvalue weighted by Crippen LogP contribution is -2.29. The Labute approximate surface area is 160 Å². The molecule has 5 rings (SSSR count). The first-order chi connectivity index (χ1) is 13.3. The summed E-state index contributed by atoms with van der Waals surface area (Å²) in [4.78, 5) is 2.48. The van der Waals surface area contributed by atoms with Gasteiger partial charge in [0.1, 0.15) is 0 Å². The van der Waals surface area contributed by atoms with Crippen molar-refractivity contribution in [2.45, 2.75) is 12.1 Å². The average Bonchev–Trinajstić information content (AvgIpc) is 3.01. The molecule has 0 saturated heterocycles. The molecule has 2 aromatic carbocycles. The van der Waals surface area contributed by atoms with E-state index in [2.05, 4.69) is 120 Å². The molecule has 0 bridgehead atoms. The highest BCUT2D eigenvalue weighted by Crippen LogP contribution is 2.40. The smallest absolute Gasteiger partial charge is 0.0770 e. The number of hydrogen-bond donors (Lipinski definition) is 0. The Hall–Kier alpha value is -3.10. The highest BCUT2D eigenvalue weighted by atomic mass is 15.2. The minimum atomic E-state index is 0.173. The van der Waals surface area contributed by atoms with Crippen LogP contribution in [0.3, 0.4) is 0 Å². The molecule has 2 atom stereocenters. The van der Waals surface area contributed by atoms with E-state index in [1.165, 1.54) is 27.9 Å². The standard InChI is InChI=1S/C25H22N2/c1-26-23(19-10-4-2-5-11-19)16-15-21-18-22-14-8-9-17-27(22)25(21)24(26)20-12-6-3-7-13-20/h2-18,23-24H,1H3. The summed E-state index contributed by atoms with van der Waals surface area (Å²) in [5.41, 5.74) is 6.49. The van der Waals surface area contributed by atoms with Crippen molar-refractivity contribution in [3.05, 3.63) is 120 Å². The van der Waals surface area contributed by atoms with Crippen molar-refractivity contribution >= 4 is 11.6 Å². The molecule has 0 spiro atoms. The molecule has 2 nitrogen and oxygen atoms in total. The van der Waals surface area contributed by atoms with Gasteiger partial charge in [-0.25, -0.2) is 0 Å². The zero-order valence-electron chi connectivity index (χ0n) is 15.4. The maximum absolute atomic E-state index is 2.48. The van der Waals surface area contributed by atoms with Gasteiger partial charge >= 0.3 is 0 Å². The molecule has 1 aliphatic rings. The first-order valence-corrected chi connectivity index (χ1v) is 9.43. The summed E-state index contributed by atoms with van der Waals surface area (Å²) in [5.74, 6) is 0. The SMILES string of the molecule is CN1C(c2ccccc2)C=Cc2cc3ccccn3c2C1c1ccccc1.